The molecule has 0 bridgehead atoms. The van der Waals surface area contributed by atoms with Crippen molar-refractivity contribution >= 4 is 39.0 Å². The number of hydrogen-bond donors (Lipinski definition) is 1. The van der Waals surface area contributed by atoms with Gasteiger partial charge in [-0.15, -0.1) is 0 Å². The van der Waals surface area contributed by atoms with Crippen LogP contribution in [-0.4, -0.2) is 37.1 Å². The Morgan fingerprint density at radius 1 is 1.23 bits per heavy atom. The zero-order valence-electron chi connectivity index (χ0n) is 14.1. The van der Waals surface area contributed by atoms with Crippen LogP contribution in [0.5, 0.6) is 0 Å². The first-order valence-electron chi connectivity index (χ1n) is 7.70. The highest BCUT2D eigenvalue weighted by atomic mass is 35.5. The molecule has 2 aromatic rings. The van der Waals surface area contributed by atoms with E-state index in [-0.39, 0.29) is 27.1 Å². The highest BCUT2D eigenvalue weighted by Gasteiger charge is 2.25. The maximum Gasteiger partial charge on any atom is 0.340 e. The van der Waals surface area contributed by atoms with E-state index in [0.29, 0.717) is 0 Å². The summed E-state index contributed by atoms with van der Waals surface area (Å²) in [5, 5.41) is 2.59. The molecule has 7 nitrogen and oxygen atoms in total. The summed E-state index contributed by atoms with van der Waals surface area (Å²) in [6.07, 6.45) is 0.295. The minimum Gasteiger partial charge on any atom is -0.449 e. The van der Waals surface area contributed by atoms with Crippen molar-refractivity contribution in [3.63, 3.8) is 0 Å². The van der Waals surface area contributed by atoms with Crippen molar-refractivity contribution in [2.24, 2.45) is 0 Å². The molecule has 1 heterocycles. The number of halogens is 1. The number of aromatic nitrogens is 1. The zero-order chi connectivity index (χ0) is 19.3. The molecule has 1 amide bonds. The number of nitrogens with one attached hydrogen (secondary N) is 1. The molecule has 0 radical (unpaired) electrons. The first kappa shape index (κ1) is 19.9. The number of pyridine rings is 1. The zero-order valence-corrected chi connectivity index (χ0v) is 15.7. The molecule has 0 saturated heterocycles. The van der Waals surface area contributed by atoms with Gasteiger partial charge in [0.15, 0.2) is 21.1 Å². The van der Waals surface area contributed by atoms with E-state index in [4.69, 9.17) is 16.3 Å². The van der Waals surface area contributed by atoms with E-state index in [1.807, 2.05) is 0 Å². The molecule has 1 unspecified atom stereocenters. The van der Waals surface area contributed by atoms with Crippen molar-refractivity contribution in [2.45, 2.75) is 24.8 Å². The van der Waals surface area contributed by atoms with Crippen molar-refractivity contribution in [3.8, 4) is 0 Å². The van der Waals surface area contributed by atoms with Gasteiger partial charge in [-0.1, -0.05) is 30.7 Å². The maximum atomic E-state index is 12.4. The van der Waals surface area contributed by atoms with Gasteiger partial charge < -0.3 is 10.1 Å². The number of nitrogens with zero attached hydrogens (tertiary/aromatic N) is 1. The molecular formula is C17H17ClN2O5S. The molecule has 0 aliphatic rings. The topological polar surface area (TPSA) is 102 Å². The average molecular weight is 397 g/mol. The summed E-state index contributed by atoms with van der Waals surface area (Å²) in [6.45, 7) is 2.85. The van der Waals surface area contributed by atoms with Gasteiger partial charge in [-0.3, -0.25) is 4.79 Å². The van der Waals surface area contributed by atoms with E-state index in [2.05, 4.69) is 10.3 Å². The van der Waals surface area contributed by atoms with Gasteiger partial charge in [-0.2, -0.15) is 0 Å². The summed E-state index contributed by atoms with van der Waals surface area (Å²) in [6, 6.07) is 8.84. The third-order valence-corrected chi connectivity index (χ3v) is 5.58. The summed E-state index contributed by atoms with van der Waals surface area (Å²) in [7, 11) is -3.61. The number of rotatable bonds is 6. The normalized spacial score (nSPS) is 12.3. The number of benzene rings is 1. The second kappa shape index (κ2) is 8.29. The van der Waals surface area contributed by atoms with Crippen molar-refractivity contribution in [1.82, 2.24) is 4.98 Å². The van der Waals surface area contributed by atoms with Gasteiger partial charge in [-0.05, 0) is 31.2 Å². The van der Waals surface area contributed by atoms with Gasteiger partial charge in [-0.25, -0.2) is 18.2 Å². The predicted octanol–water partition coefficient (Wildman–Crippen LogP) is 2.71. The maximum absolute atomic E-state index is 12.4. The number of esters is 1. The summed E-state index contributed by atoms with van der Waals surface area (Å²) >= 11 is 5.86. The van der Waals surface area contributed by atoms with E-state index < -0.39 is 27.8 Å². The average Bonchev–Trinajstić information content (AvgIpc) is 2.63. The molecule has 0 saturated carbocycles. The second-order valence-electron chi connectivity index (χ2n) is 5.28. The number of carbonyl (C=O) groups excluding carboxylic acids is 2. The Morgan fingerprint density at radius 3 is 2.58 bits per heavy atom. The van der Waals surface area contributed by atoms with Gasteiger partial charge in [0, 0.05) is 6.20 Å². The van der Waals surface area contributed by atoms with Gasteiger partial charge >= 0.3 is 5.97 Å². The SMILES string of the molecule is CCS(=O)(=O)c1ccccc1C(=O)OC(C)C(=O)Nc1cccnc1Cl. The van der Waals surface area contributed by atoms with Crippen LogP contribution in [0.3, 0.4) is 0 Å². The molecule has 1 atom stereocenters. The van der Waals surface area contributed by atoms with Crippen molar-refractivity contribution in [2.75, 3.05) is 11.1 Å². The fraction of sp³-hybridized carbons (Fsp3) is 0.235. The number of amides is 1. The third kappa shape index (κ3) is 4.59. The van der Waals surface area contributed by atoms with E-state index in [9.17, 15) is 18.0 Å². The third-order valence-electron chi connectivity index (χ3n) is 3.49. The van der Waals surface area contributed by atoms with E-state index in [1.165, 1.54) is 44.3 Å². The summed E-state index contributed by atoms with van der Waals surface area (Å²) < 4.78 is 29.3. The van der Waals surface area contributed by atoms with Gasteiger partial charge in [0.1, 0.15) is 0 Å². The Labute approximate surface area is 156 Å². The van der Waals surface area contributed by atoms with Crippen molar-refractivity contribution in [1.29, 1.82) is 0 Å². The van der Waals surface area contributed by atoms with Crippen LogP contribution in [0.15, 0.2) is 47.5 Å². The number of ether oxygens (including phenoxy) is 1. The van der Waals surface area contributed by atoms with Crippen LogP contribution >= 0.6 is 11.6 Å². The summed E-state index contributed by atoms with van der Waals surface area (Å²) in [5.74, 6) is -1.69. The molecule has 138 valence electrons. The smallest absolute Gasteiger partial charge is 0.340 e. The Kier molecular flexibility index (Phi) is 6.33. The minimum absolute atomic E-state index is 0.0961. The molecule has 1 N–H and O–H groups in total. The van der Waals surface area contributed by atoms with Gasteiger partial charge in [0.2, 0.25) is 0 Å². The van der Waals surface area contributed by atoms with Crippen LogP contribution in [0.1, 0.15) is 24.2 Å². The van der Waals surface area contributed by atoms with E-state index in [1.54, 1.807) is 12.1 Å². The summed E-state index contributed by atoms with van der Waals surface area (Å²) in [5.41, 5.74) is 0.157. The Hall–Kier alpha value is -2.45. The van der Waals surface area contributed by atoms with Crippen molar-refractivity contribution < 1.29 is 22.7 Å². The molecule has 0 aliphatic heterocycles. The molecule has 1 aromatic heterocycles. The quantitative estimate of drug-likeness (QED) is 0.594. The Balaban J connectivity index is 2.15. The summed E-state index contributed by atoms with van der Waals surface area (Å²) in [4.78, 5) is 28.2. The molecule has 2 rings (SSSR count). The lowest BCUT2D eigenvalue weighted by Gasteiger charge is -2.15. The fourth-order valence-electron chi connectivity index (χ4n) is 2.05. The highest BCUT2D eigenvalue weighted by Crippen LogP contribution is 2.20. The fourth-order valence-corrected chi connectivity index (χ4v) is 3.30. The minimum atomic E-state index is -3.61. The monoisotopic (exact) mass is 396 g/mol. The number of carbonyl (C=O) groups is 2. The van der Waals surface area contributed by atoms with Gasteiger partial charge in [0.05, 0.1) is 21.9 Å². The van der Waals surface area contributed by atoms with Crippen molar-refractivity contribution in [3.05, 3.63) is 53.3 Å². The van der Waals surface area contributed by atoms with Crippen LogP contribution in [-0.2, 0) is 19.4 Å². The van der Waals surface area contributed by atoms with Crippen LogP contribution in [0, 0.1) is 0 Å². The standard InChI is InChI=1S/C17H17ClN2O5S/c1-3-26(23,24)14-9-5-4-7-12(14)17(22)25-11(2)16(21)20-13-8-6-10-19-15(13)18/h4-11H,3H2,1-2H3,(H,20,21). The first-order valence-corrected chi connectivity index (χ1v) is 9.73. The van der Waals surface area contributed by atoms with Crippen LogP contribution in [0.25, 0.3) is 0 Å². The largest absolute Gasteiger partial charge is 0.449 e. The molecule has 26 heavy (non-hydrogen) atoms. The van der Waals surface area contributed by atoms with Crippen LogP contribution in [0.4, 0.5) is 5.69 Å². The highest BCUT2D eigenvalue weighted by molar-refractivity contribution is 7.91. The predicted molar refractivity (Wildman–Crippen MR) is 96.9 cm³/mol. The first-order chi connectivity index (χ1) is 12.3. The molecule has 0 spiro atoms. The number of sulfone groups is 1. The number of anilines is 1. The van der Waals surface area contributed by atoms with E-state index >= 15 is 0 Å². The van der Waals surface area contributed by atoms with Gasteiger partial charge in [0.25, 0.3) is 5.91 Å². The molecule has 0 aliphatic carbocycles. The number of hydrogen-bond acceptors (Lipinski definition) is 6. The second-order valence-corrected chi connectivity index (χ2v) is 7.88. The van der Waals surface area contributed by atoms with E-state index in [0.717, 1.165) is 0 Å². The molecule has 1 aromatic carbocycles. The Bertz CT molecular complexity index is 930. The van der Waals surface area contributed by atoms with Crippen LogP contribution in [0.2, 0.25) is 5.15 Å². The molecular weight excluding hydrogens is 380 g/mol. The van der Waals surface area contributed by atoms with Crippen LogP contribution < -0.4 is 5.32 Å². The Morgan fingerprint density at radius 2 is 1.92 bits per heavy atom. The molecule has 9 heteroatoms. The lowest BCUT2D eigenvalue weighted by Crippen LogP contribution is -2.30. The molecule has 0 fully saturated rings. The lowest BCUT2D eigenvalue weighted by atomic mass is 10.2. The lowest BCUT2D eigenvalue weighted by molar-refractivity contribution is -0.123.